The van der Waals surface area contributed by atoms with Crippen LogP contribution < -0.4 is 11.1 Å². The smallest absolute Gasteiger partial charge is 0.236 e. The van der Waals surface area contributed by atoms with Crippen LogP contribution in [0.2, 0.25) is 0 Å². The maximum atomic E-state index is 11.4. The Bertz CT molecular complexity index is 167. The molecule has 0 heterocycles. The Morgan fingerprint density at radius 3 is 2.64 bits per heavy atom. The van der Waals surface area contributed by atoms with E-state index in [2.05, 4.69) is 12.2 Å². The van der Waals surface area contributed by atoms with E-state index in [4.69, 9.17) is 5.73 Å². The van der Waals surface area contributed by atoms with E-state index in [1.165, 1.54) is 0 Å². The fraction of sp³-hybridized carbons (Fsp3) is 0.889. The third-order valence-corrected chi connectivity index (χ3v) is 3.55. The molecule has 14 heavy (non-hydrogen) atoms. The minimum absolute atomic E-state index is 0.0278. The van der Waals surface area contributed by atoms with Gasteiger partial charge >= 0.3 is 0 Å². The van der Waals surface area contributed by atoms with Crippen molar-refractivity contribution in [2.75, 3.05) is 24.8 Å². The Kier molecular flexibility index (Phi) is 8.52. The van der Waals surface area contributed by atoms with Gasteiger partial charge in [0, 0.05) is 11.8 Å². The number of carbonyl (C=O) groups excluding carboxylic acids is 1. The van der Waals surface area contributed by atoms with E-state index in [0.29, 0.717) is 11.8 Å². The molecule has 3 nitrogen and oxygen atoms in total. The summed E-state index contributed by atoms with van der Waals surface area (Å²) in [4.78, 5) is 11.4. The predicted molar refractivity (Wildman–Crippen MR) is 67.0 cm³/mol. The summed E-state index contributed by atoms with van der Waals surface area (Å²) in [5, 5.41) is 3.30. The number of amides is 1. The molecule has 0 saturated heterocycles. The first-order chi connectivity index (χ1) is 6.61. The zero-order valence-electron chi connectivity index (χ0n) is 9.08. The molecule has 0 aromatic carbocycles. The molecule has 1 amide bonds. The Balaban J connectivity index is 3.61. The van der Waals surface area contributed by atoms with Crippen LogP contribution in [0.3, 0.4) is 0 Å². The van der Waals surface area contributed by atoms with Crippen LogP contribution in [0.5, 0.6) is 0 Å². The van der Waals surface area contributed by atoms with Crippen molar-refractivity contribution in [2.24, 2.45) is 5.73 Å². The van der Waals surface area contributed by atoms with E-state index in [1.807, 2.05) is 12.5 Å². The highest BCUT2D eigenvalue weighted by Gasteiger charge is 2.12. The van der Waals surface area contributed by atoms with Crippen LogP contribution in [0, 0.1) is 0 Å². The van der Waals surface area contributed by atoms with Crippen molar-refractivity contribution in [3.63, 3.8) is 0 Å². The van der Waals surface area contributed by atoms with Crippen LogP contribution in [-0.4, -0.2) is 42.0 Å². The minimum atomic E-state index is -0.350. The van der Waals surface area contributed by atoms with Gasteiger partial charge < -0.3 is 11.1 Å². The number of thioether (sulfide) groups is 2. The predicted octanol–water partition coefficient (Wildman–Crippen LogP) is 0.935. The van der Waals surface area contributed by atoms with E-state index in [1.54, 1.807) is 23.5 Å². The van der Waals surface area contributed by atoms with Gasteiger partial charge in [0.2, 0.25) is 5.91 Å². The summed E-state index contributed by atoms with van der Waals surface area (Å²) in [5.41, 5.74) is 5.70. The van der Waals surface area contributed by atoms with Crippen LogP contribution in [0.4, 0.5) is 0 Å². The molecule has 2 atom stereocenters. The number of rotatable bonds is 7. The van der Waals surface area contributed by atoms with Crippen LogP contribution in [0.1, 0.15) is 13.3 Å². The molecule has 0 aliphatic rings. The van der Waals surface area contributed by atoms with E-state index in [0.717, 1.165) is 12.2 Å². The SMILES string of the molecule is CSCC[C@@H](N)C(=O)NCC(C)SC. The number of nitrogens with two attached hydrogens (primary N) is 1. The first-order valence-corrected chi connectivity index (χ1v) is 7.35. The van der Waals surface area contributed by atoms with Gasteiger partial charge in [-0.25, -0.2) is 0 Å². The van der Waals surface area contributed by atoms with Crippen LogP contribution in [0.15, 0.2) is 0 Å². The van der Waals surface area contributed by atoms with Crippen molar-refractivity contribution in [1.29, 1.82) is 0 Å². The normalized spacial score (nSPS) is 14.9. The van der Waals surface area contributed by atoms with Gasteiger partial charge in [0.1, 0.15) is 0 Å². The quantitative estimate of drug-likeness (QED) is 0.690. The maximum absolute atomic E-state index is 11.4. The topological polar surface area (TPSA) is 55.1 Å². The molecule has 0 spiro atoms. The molecule has 0 aromatic rings. The second-order valence-corrected chi connectivity index (χ2v) is 5.44. The van der Waals surface area contributed by atoms with Crippen LogP contribution in [-0.2, 0) is 4.79 Å². The Morgan fingerprint density at radius 2 is 2.14 bits per heavy atom. The van der Waals surface area contributed by atoms with Gasteiger partial charge in [0.05, 0.1) is 6.04 Å². The van der Waals surface area contributed by atoms with Gasteiger partial charge in [-0.15, -0.1) is 0 Å². The van der Waals surface area contributed by atoms with Crippen molar-refractivity contribution >= 4 is 29.4 Å². The lowest BCUT2D eigenvalue weighted by Gasteiger charge is -2.13. The maximum Gasteiger partial charge on any atom is 0.236 e. The molecule has 0 aromatic heterocycles. The molecule has 1 unspecified atom stereocenters. The van der Waals surface area contributed by atoms with Crippen molar-refractivity contribution in [1.82, 2.24) is 5.32 Å². The van der Waals surface area contributed by atoms with Gasteiger partial charge in [-0.05, 0) is 24.7 Å². The highest BCUT2D eigenvalue weighted by atomic mass is 32.2. The second kappa shape index (κ2) is 8.44. The second-order valence-electron chi connectivity index (χ2n) is 3.18. The summed E-state index contributed by atoms with van der Waals surface area (Å²) in [6.45, 7) is 2.78. The summed E-state index contributed by atoms with van der Waals surface area (Å²) in [7, 11) is 0. The van der Waals surface area contributed by atoms with Crippen molar-refractivity contribution in [3.8, 4) is 0 Å². The molecule has 0 radical (unpaired) electrons. The Labute approximate surface area is 95.0 Å². The summed E-state index contributed by atoms with van der Waals surface area (Å²) in [6.07, 6.45) is 4.80. The first kappa shape index (κ1) is 14.1. The molecule has 0 saturated carbocycles. The van der Waals surface area contributed by atoms with Gasteiger partial charge in [-0.2, -0.15) is 23.5 Å². The number of hydrogen-bond donors (Lipinski definition) is 2. The van der Waals surface area contributed by atoms with Crippen LogP contribution in [0.25, 0.3) is 0 Å². The van der Waals surface area contributed by atoms with E-state index < -0.39 is 0 Å². The Hall–Kier alpha value is 0.130. The summed E-state index contributed by atoms with van der Waals surface area (Å²) >= 11 is 3.45. The number of nitrogens with one attached hydrogen (secondary N) is 1. The molecule has 0 aliphatic carbocycles. The molecule has 84 valence electrons. The standard InChI is InChI=1S/C9H20N2OS2/c1-7(14-3)6-11-9(12)8(10)4-5-13-2/h7-8H,4-6,10H2,1-3H3,(H,11,12)/t7?,8-/m1/s1. The Morgan fingerprint density at radius 1 is 1.50 bits per heavy atom. The zero-order valence-corrected chi connectivity index (χ0v) is 10.7. The van der Waals surface area contributed by atoms with Gasteiger partial charge in [-0.3, -0.25) is 4.79 Å². The first-order valence-electron chi connectivity index (χ1n) is 4.66. The average Bonchev–Trinajstić information content (AvgIpc) is 2.21. The van der Waals surface area contributed by atoms with E-state index >= 15 is 0 Å². The zero-order chi connectivity index (χ0) is 11.0. The van der Waals surface area contributed by atoms with Crippen LogP contribution >= 0.6 is 23.5 Å². The molecule has 3 N–H and O–H groups in total. The lowest BCUT2D eigenvalue weighted by Crippen LogP contribution is -2.42. The van der Waals surface area contributed by atoms with Gasteiger partial charge in [0.15, 0.2) is 0 Å². The third-order valence-electron chi connectivity index (χ3n) is 1.94. The summed E-state index contributed by atoms with van der Waals surface area (Å²) in [5.74, 6) is 0.909. The molecular weight excluding hydrogens is 216 g/mol. The average molecular weight is 236 g/mol. The molecular formula is C9H20N2OS2. The summed E-state index contributed by atoms with van der Waals surface area (Å²) in [6, 6.07) is -0.350. The molecule has 5 heteroatoms. The fourth-order valence-electron chi connectivity index (χ4n) is 0.835. The fourth-order valence-corrected chi connectivity index (χ4v) is 1.57. The lowest BCUT2D eigenvalue weighted by atomic mass is 10.2. The molecule has 0 bridgehead atoms. The highest BCUT2D eigenvalue weighted by Crippen LogP contribution is 2.03. The van der Waals surface area contributed by atoms with Crippen molar-refractivity contribution < 1.29 is 4.79 Å². The summed E-state index contributed by atoms with van der Waals surface area (Å²) < 4.78 is 0. The van der Waals surface area contributed by atoms with E-state index in [9.17, 15) is 4.79 Å². The van der Waals surface area contributed by atoms with Gasteiger partial charge in [-0.1, -0.05) is 6.92 Å². The highest BCUT2D eigenvalue weighted by molar-refractivity contribution is 7.99. The molecule has 0 aliphatic heterocycles. The third kappa shape index (κ3) is 6.56. The van der Waals surface area contributed by atoms with E-state index in [-0.39, 0.29) is 11.9 Å². The minimum Gasteiger partial charge on any atom is -0.354 e. The largest absolute Gasteiger partial charge is 0.354 e. The number of carbonyl (C=O) groups is 1. The molecule has 0 rings (SSSR count). The lowest BCUT2D eigenvalue weighted by molar-refractivity contribution is -0.122. The van der Waals surface area contributed by atoms with Crippen molar-refractivity contribution in [3.05, 3.63) is 0 Å². The van der Waals surface area contributed by atoms with Gasteiger partial charge in [0.25, 0.3) is 0 Å². The number of hydrogen-bond acceptors (Lipinski definition) is 4. The molecule has 0 fully saturated rings. The monoisotopic (exact) mass is 236 g/mol. The van der Waals surface area contributed by atoms with Crippen molar-refractivity contribution in [2.45, 2.75) is 24.6 Å².